The molecule has 1 spiro atoms. The Labute approximate surface area is 187 Å². The largest absolute Gasteiger partial charge is 0.456 e. The number of anilines is 2. The monoisotopic (exact) mass is 450 g/mol. The van der Waals surface area contributed by atoms with Crippen LogP contribution in [-0.2, 0) is 19.7 Å². The number of para-hydroxylation sites is 1. The summed E-state index contributed by atoms with van der Waals surface area (Å²) < 4.78 is 19.1. The van der Waals surface area contributed by atoms with Crippen molar-refractivity contribution in [3.05, 3.63) is 81.5 Å². The lowest BCUT2D eigenvalue weighted by Crippen LogP contribution is -2.50. The van der Waals surface area contributed by atoms with Crippen LogP contribution in [0.4, 0.5) is 15.8 Å². The van der Waals surface area contributed by atoms with E-state index in [1.54, 1.807) is 24.3 Å². The smallest absolute Gasteiger partial charge is 0.338 e. The van der Waals surface area contributed by atoms with Gasteiger partial charge in [-0.2, -0.15) is 5.26 Å². The predicted octanol–water partition coefficient (Wildman–Crippen LogP) is 3.11. The van der Waals surface area contributed by atoms with Crippen molar-refractivity contribution >= 4 is 34.9 Å². The number of fused-ring (bicyclic) bond motifs is 3. The van der Waals surface area contributed by atoms with Gasteiger partial charge < -0.3 is 15.4 Å². The van der Waals surface area contributed by atoms with Gasteiger partial charge in [-0.05, 0) is 31.2 Å². The molecule has 2 aromatic rings. The first-order valence-electron chi connectivity index (χ1n) is 9.85. The van der Waals surface area contributed by atoms with Crippen molar-refractivity contribution < 1.29 is 18.7 Å². The number of benzene rings is 2. The Bertz CT molecular complexity index is 1330. The SMILES string of the molecule is CCN1C(=O)[C@]2(C(C#N)=C(N)N(c3ccc(F)c(Cl)c3)C3=C2C(=O)OC3)c2ccccc21. The molecule has 0 bridgehead atoms. The van der Waals surface area contributed by atoms with Gasteiger partial charge in [0, 0.05) is 23.5 Å². The van der Waals surface area contributed by atoms with Crippen molar-refractivity contribution in [3.8, 4) is 6.07 Å². The number of likely N-dealkylation sites (N-methyl/N-ethyl adjacent to an activating group) is 1. The molecule has 0 radical (unpaired) electrons. The van der Waals surface area contributed by atoms with E-state index >= 15 is 0 Å². The number of hydrogen-bond acceptors (Lipinski definition) is 6. The number of halogens is 2. The van der Waals surface area contributed by atoms with Crippen LogP contribution in [0.25, 0.3) is 0 Å². The highest BCUT2D eigenvalue weighted by Crippen LogP contribution is 2.56. The van der Waals surface area contributed by atoms with E-state index in [1.807, 2.05) is 6.92 Å². The molecule has 1 atom stereocenters. The van der Waals surface area contributed by atoms with Crippen LogP contribution in [0, 0.1) is 17.1 Å². The van der Waals surface area contributed by atoms with Crippen LogP contribution in [0.1, 0.15) is 12.5 Å². The topological polar surface area (TPSA) is 99.7 Å². The van der Waals surface area contributed by atoms with E-state index in [1.165, 1.54) is 21.9 Å². The second-order valence-electron chi connectivity index (χ2n) is 7.52. The molecule has 0 aliphatic carbocycles. The van der Waals surface area contributed by atoms with Crippen molar-refractivity contribution in [2.45, 2.75) is 12.3 Å². The number of nitrogens with zero attached hydrogens (tertiary/aromatic N) is 3. The molecule has 2 N–H and O–H groups in total. The first-order chi connectivity index (χ1) is 15.4. The average molecular weight is 451 g/mol. The number of amides is 1. The van der Waals surface area contributed by atoms with Crippen LogP contribution in [-0.4, -0.2) is 25.0 Å². The zero-order valence-electron chi connectivity index (χ0n) is 16.9. The molecule has 2 aromatic carbocycles. The fourth-order valence-electron chi connectivity index (χ4n) is 4.83. The van der Waals surface area contributed by atoms with Gasteiger partial charge in [0.05, 0.1) is 21.9 Å². The second kappa shape index (κ2) is 6.84. The Hall–Kier alpha value is -3.83. The minimum absolute atomic E-state index is 0.0390. The fourth-order valence-corrected chi connectivity index (χ4v) is 5.00. The molecule has 0 aromatic heterocycles. The van der Waals surface area contributed by atoms with Crippen molar-refractivity contribution in [2.24, 2.45) is 5.73 Å². The van der Waals surface area contributed by atoms with Gasteiger partial charge in [-0.3, -0.25) is 9.69 Å². The molecule has 3 aliphatic heterocycles. The van der Waals surface area contributed by atoms with E-state index in [-0.39, 0.29) is 28.6 Å². The Morgan fingerprint density at radius 1 is 1.28 bits per heavy atom. The lowest BCUT2D eigenvalue weighted by molar-refractivity contribution is -0.137. The van der Waals surface area contributed by atoms with E-state index in [2.05, 4.69) is 6.07 Å². The number of esters is 1. The number of ether oxygens (including phenoxy) is 1. The van der Waals surface area contributed by atoms with Gasteiger partial charge in [0.15, 0.2) is 0 Å². The highest BCUT2D eigenvalue weighted by atomic mass is 35.5. The molecule has 0 unspecified atom stereocenters. The highest BCUT2D eigenvalue weighted by Gasteiger charge is 2.63. The Balaban J connectivity index is 1.87. The third kappa shape index (κ3) is 2.29. The summed E-state index contributed by atoms with van der Waals surface area (Å²) in [5.41, 5.74) is 6.48. The molecule has 1 amide bonds. The first kappa shape index (κ1) is 20.1. The minimum atomic E-state index is -1.71. The molecule has 3 aliphatic rings. The van der Waals surface area contributed by atoms with E-state index in [0.717, 1.165) is 6.07 Å². The van der Waals surface area contributed by atoms with Gasteiger partial charge in [-0.15, -0.1) is 0 Å². The summed E-state index contributed by atoms with van der Waals surface area (Å²) in [5.74, 6) is -1.82. The zero-order chi connectivity index (χ0) is 22.8. The van der Waals surface area contributed by atoms with Gasteiger partial charge in [-0.25, -0.2) is 9.18 Å². The van der Waals surface area contributed by atoms with Gasteiger partial charge in [0.1, 0.15) is 29.7 Å². The minimum Gasteiger partial charge on any atom is -0.456 e. The molecule has 160 valence electrons. The van der Waals surface area contributed by atoms with Crippen LogP contribution in [0.2, 0.25) is 5.02 Å². The van der Waals surface area contributed by atoms with Crippen LogP contribution in [0.3, 0.4) is 0 Å². The summed E-state index contributed by atoms with van der Waals surface area (Å²) in [6.07, 6.45) is 0. The molecule has 9 heteroatoms. The summed E-state index contributed by atoms with van der Waals surface area (Å²) >= 11 is 5.97. The Morgan fingerprint density at radius 2 is 2.03 bits per heavy atom. The summed E-state index contributed by atoms with van der Waals surface area (Å²) in [4.78, 5) is 29.9. The number of carbonyl (C=O) groups excluding carboxylic acids is 2. The van der Waals surface area contributed by atoms with Crippen LogP contribution in [0.5, 0.6) is 0 Å². The van der Waals surface area contributed by atoms with Crippen LogP contribution < -0.4 is 15.5 Å². The van der Waals surface area contributed by atoms with Gasteiger partial charge in [0.25, 0.3) is 0 Å². The normalized spacial score (nSPS) is 21.8. The van der Waals surface area contributed by atoms with Crippen molar-refractivity contribution in [3.63, 3.8) is 0 Å². The highest BCUT2D eigenvalue weighted by molar-refractivity contribution is 6.31. The third-order valence-electron chi connectivity index (χ3n) is 6.10. The maximum Gasteiger partial charge on any atom is 0.338 e. The van der Waals surface area contributed by atoms with Gasteiger partial charge >= 0.3 is 5.97 Å². The standard InChI is InChI=1S/C23H16ClFN4O3/c1-2-28-17-6-4-3-5-13(17)23(22(28)31)14(10-26)20(27)29(18-11-32-21(30)19(18)23)12-7-8-16(25)15(24)9-12/h3-9H,2,11,27H2,1H3/t23-/m0/s1. The maximum absolute atomic E-state index is 13.9. The first-order valence-corrected chi connectivity index (χ1v) is 10.2. The fraction of sp³-hybridized carbons (Fsp3) is 0.174. The van der Waals surface area contributed by atoms with Crippen molar-refractivity contribution in [1.29, 1.82) is 5.26 Å². The molecule has 0 fully saturated rings. The van der Waals surface area contributed by atoms with Crippen molar-refractivity contribution in [1.82, 2.24) is 0 Å². The van der Waals surface area contributed by atoms with Gasteiger partial charge in [0.2, 0.25) is 5.91 Å². The number of rotatable bonds is 2. The summed E-state index contributed by atoms with van der Waals surface area (Å²) in [6, 6.07) is 13.0. The number of nitriles is 1. The van der Waals surface area contributed by atoms with Crippen LogP contribution >= 0.6 is 11.6 Å². The summed E-state index contributed by atoms with van der Waals surface area (Å²) in [7, 11) is 0. The molecule has 3 heterocycles. The molecular weight excluding hydrogens is 435 g/mol. The Kier molecular flexibility index (Phi) is 4.29. The lowest BCUT2D eigenvalue weighted by Gasteiger charge is -2.38. The summed E-state index contributed by atoms with van der Waals surface area (Å²) in [6.45, 7) is 1.99. The predicted molar refractivity (Wildman–Crippen MR) is 115 cm³/mol. The number of carbonyl (C=O) groups is 2. The van der Waals surface area contributed by atoms with E-state index in [9.17, 15) is 19.2 Å². The number of hydrogen-bond donors (Lipinski definition) is 1. The third-order valence-corrected chi connectivity index (χ3v) is 6.39. The molecule has 7 nitrogen and oxygen atoms in total. The van der Waals surface area contributed by atoms with Crippen LogP contribution in [0.15, 0.2) is 65.1 Å². The van der Waals surface area contributed by atoms with E-state index < -0.39 is 23.1 Å². The van der Waals surface area contributed by atoms with E-state index in [4.69, 9.17) is 22.1 Å². The number of nitrogens with two attached hydrogens (primary N) is 1. The lowest BCUT2D eigenvalue weighted by atomic mass is 9.67. The molecule has 0 saturated carbocycles. The molecule has 5 rings (SSSR count). The van der Waals surface area contributed by atoms with Gasteiger partial charge in [-0.1, -0.05) is 29.8 Å². The Morgan fingerprint density at radius 3 is 2.72 bits per heavy atom. The zero-order valence-corrected chi connectivity index (χ0v) is 17.6. The average Bonchev–Trinajstić information content (AvgIpc) is 3.27. The molecule has 0 saturated heterocycles. The summed E-state index contributed by atoms with van der Waals surface area (Å²) in [5, 5.41) is 10.1. The quantitative estimate of drug-likeness (QED) is 0.706. The van der Waals surface area contributed by atoms with Crippen molar-refractivity contribution in [2.75, 3.05) is 23.0 Å². The van der Waals surface area contributed by atoms with E-state index in [0.29, 0.717) is 29.2 Å². The molecular formula is C23H16ClFN4O3. The second-order valence-corrected chi connectivity index (χ2v) is 7.93. The number of cyclic esters (lactones) is 1. The molecule has 32 heavy (non-hydrogen) atoms. The maximum atomic E-state index is 13.9.